The Hall–Kier alpha value is -3.67. The van der Waals surface area contributed by atoms with Gasteiger partial charge in [0, 0.05) is 18.8 Å². The number of nitrogens with zero attached hydrogens (tertiary/aromatic N) is 3. The Balaban J connectivity index is 1.64. The highest BCUT2D eigenvalue weighted by atomic mass is 16.7. The molecule has 0 aliphatic carbocycles. The molecular formula is C21H18N4O2. The zero-order chi connectivity index (χ0) is 18.5. The van der Waals surface area contributed by atoms with E-state index in [9.17, 15) is 4.79 Å². The van der Waals surface area contributed by atoms with E-state index >= 15 is 0 Å². The minimum atomic E-state index is -0.285. The first-order valence-electron chi connectivity index (χ1n) is 8.62. The highest BCUT2D eigenvalue weighted by Gasteiger charge is 2.11. The normalized spacial score (nSPS) is 10.7. The molecule has 27 heavy (non-hydrogen) atoms. The van der Waals surface area contributed by atoms with E-state index in [-0.39, 0.29) is 12.2 Å². The lowest BCUT2D eigenvalue weighted by atomic mass is 10.2. The maximum absolute atomic E-state index is 12.6. The predicted octanol–water partition coefficient (Wildman–Crippen LogP) is 3.03. The van der Waals surface area contributed by atoms with Gasteiger partial charge < -0.3 is 10.2 Å². The number of anilines is 1. The number of benzene rings is 2. The summed E-state index contributed by atoms with van der Waals surface area (Å²) in [6.07, 6.45) is 3.09. The van der Waals surface area contributed by atoms with Crippen LogP contribution in [0, 0.1) is 0 Å². The van der Waals surface area contributed by atoms with Crippen LogP contribution in [-0.4, -0.2) is 14.7 Å². The Kier molecular flexibility index (Phi) is 4.78. The van der Waals surface area contributed by atoms with Crippen molar-refractivity contribution in [3.8, 4) is 0 Å². The Labute approximate surface area is 156 Å². The van der Waals surface area contributed by atoms with E-state index in [0.717, 1.165) is 16.5 Å². The lowest BCUT2D eigenvalue weighted by Crippen LogP contribution is -2.27. The van der Waals surface area contributed by atoms with Crippen LogP contribution in [0.15, 0.2) is 84.0 Å². The molecule has 0 fully saturated rings. The molecule has 1 N–H and O–H groups in total. The first-order chi connectivity index (χ1) is 13.3. The van der Waals surface area contributed by atoms with Crippen LogP contribution in [-0.2, 0) is 13.2 Å². The van der Waals surface area contributed by atoms with E-state index in [1.165, 1.54) is 17.1 Å². The predicted molar refractivity (Wildman–Crippen MR) is 104 cm³/mol. The number of nitrogens with one attached hydrogen (secondary N) is 1. The standard InChI is InChI=1S/C21H18N4O2/c26-20-11-19(23-12-16-7-3-1-4-8-16)18-13-22-15-24-21(18)25(20)27-14-17-9-5-2-6-10-17/h1-11,13,15,23H,12,14H2. The smallest absolute Gasteiger partial charge is 0.287 e. The minimum absolute atomic E-state index is 0.274. The van der Waals surface area contributed by atoms with Crippen molar-refractivity contribution in [2.75, 3.05) is 5.32 Å². The van der Waals surface area contributed by atoms with Crippen molar-refractivity contribution < 1.29 is 4.84 Å². The first-order valence-corrected chi connectivity index (χ1v) is 8.62. The molecule has 0 aliphatic rings. The average Bonchev–Trinajstić information content (AvgIpc) is 2.73. The zero-order valence-electron chi connectivity index (χ0n) is 14.6. The molecule has 2 aromatic heterocycles. The van der Waals surface area contributed by atoms with Gasteiger partial charge in [-0.15, -0.1) is 4.73 Å². The molecule has 0 radical (unpaired) electrons. The molecule has 134 valence electrons. The van der Waals surface area contributed by atoms with Crippen molar-refractivity contribution in [1.82, 2.24) is 14.7 Å². The van der Waals surface area contributed by atoms with Crippen LogP contribution in [0.4, 0.5) is 5.69 Å². The third-order valence-electron chi connectivity index (χ3n) is 4.17. The summed E-state index contributed by atoms with van der Waals surface area (Å²) in [5, 5.41) is 4.02. The summed E-state index contributed by atoms with van der Waals surface area (Å²) in [5.41, 5.74) is 2.92. The number of pyridine rings is 1. The van der Waals surface area contributed by atoms with E-state index in [2.05, 4.69) is 15.3 Å². The zero-order valence-corrected chi connectivity index (χ0v) is 14.6. The van der Waals surface area contributed by atoms with E-state index in [4.69, 9.17) is 4.84 Å². The number of fused-ring (bicyclic) bond motifs is 1. The summed E-state index contributed by atoms with van der Waals surface area (Å²) in [5.74, 6) is 0. The number of hydrogen-bond donors (Lipinski definition) is 1. The quantitative estimate of drug-likeness (QED) is 0.574. The van der Waals surface area contributed by atoms with E-state index in [1.807, 2.05) is 60.7 Å². The van der Waals surface area contributed by atoms with Gasteiger partial charge in [-0.25, -0.2) is 9.97 Å². The third-order valence-corrected chi connectivity index (χ3v) is 4.17. The molecule has 0 bridgehead atoms. The Morgan fingerprint density at radius 3 is 2.41 bits per heavy atom. The molecule has 6 nitrogen and oxygen atoms in total. The maximum atomic E-state index is 12.6. The molecule has 0 spiro atoms. The third kappa shape index (κ3) is 3.79. The average molecular weight is 358 g/mol. The SMILES string of the molecule is O=c1cc(NCc2ccccc2)c2cncnc2n1OCc1ccccc1. The first kappa shape index (κ1) is 16.8. The Bertz CT molecular complexity index is 1100. The molecule has 0 saturated carbocycles. The fourth-order valence-electron chi connectivity index (χ4n) is 2.82. The second kappa shape index (κ2) is 7.70. The molecule has 0 unspecified atom stereocenters. The van der Waals surface area contributed by atoms with Gasteiger partial charge in [0.2, 0.25) is 0 Å². The number of hydrogen-bond acceptors (Lipinski definition) is 5. The number of aromatic nitrogens is 3. The summed E-state index contributed by atoms with van der Waals surface area (Å²) >= 11 is 0. The van der Waals surface area contributed by atoms with Gasteiger partial charge in [0.05, 0.1) is 11.1 Å². The van der Waals surface area contributed by atoms with Crippen molar-refractivity contribution in [3.63, 3.8) is 0 Å². The van der Waals surface area contributed by atoms with Gasteiger partial charge in [0.1, 0.15) is 12.9 Å². The van der Waals surface area contributed by atoms with Crippen molar-refractivity contribution in [3.05, 3.63) is 101 Å². The van der Waals surface area contributed by atoms with Crippen LogP contribution in [0.3, 0.4) is 0 Å². The largest absolute Gasteiger partial charge is 0.404 e. The van der Waals surface area contributed by atoms with Crippen molar-refractivity contribution in [2.45, 2.75) is 13.2 Å². The van der Waals surface area contributed by atoms with Crippen molar-refractivity contribution in [2.24, 2.45) is 0 Å². The molecule has 6 heteroatoms. The molecule has 0 saturated heterocycles. The molecule has 0 aliphatic heterocycles. The van der Waals surface area contributed by atoms with Gasteiger partial charge >= 0.3 is 0 Å². The molecule has 0 atom stereocenters. The van der Waals surface area contributed by atoms with E-state index in [1.54, 1.807) is 6.20 Å². The summed E-state index contributed by atoms with van der Waals surface area (Å²) in [4.78, 5) is 26.7. The molecule has 0 amide bonds. The van der Waals surface area contributed by atoms with Gasteiger partial charge in [0.15, 0.2) is 5.65 Å². The Morgan fingerprint density at radius 2 is 1.67 bits per heavy atom. The van der Waals surface area contributed by atoms with Crippen LogP contribution >= 0.6 is 0 Å². The highest BCUT2D eigenvalue weighted by Crippen LogP contribution is 2.19. The lowest BCUT2D eigenvalue weighted by molar-refractivity contribution is 0.0980. The number of rotatable bonds is 6. The molecule has 2 heterocycles. The molecular weight excluding hydrogens is 340 g/mol. The Morgan fingerprint density at radius 1 is 0.963 bits per heavy atom. The van der Waals surface area contributed by atoms with Crippen LogP contribution in [0.25, 0.3) is 11.0 Å². The van der Waals surface area contributed by atoms with Gasteiger partial charge in [-0.2, -0.15) is 0 Å². The van der Waals surface area contributed by atoms with Crippen LogP contribution in [0.5, 0.6) is 0 Å². The highest BCUT2D eigenvalue weighted by molar-refractivity contribution is 5.87. The monoisotopic (exact) mass is 358 g/mol. The van der Waals surface area contributed by atoms with Gasteiger partial charge in [-0.1, -0.05) is 60.7 Å². The maximum Gasteiger partial charge on any atom is 0.287 e. The topological polar surface area (TPSA) is 69.0 Å². The lowest BCUT2D eigenvalue weighted by Gasteiger charge is -2.14. The van der Waals surface area contributed by atoms with Crippen LogP contribution < -0.4 is 15.7 Å². The molecule has 2 aromatic carbocycles. The summed E-state index contributed by atoms with van der Waals surface area (Å²) in [6, 6.07) is 21.2. The summed E-state index contributed by atoms with van der Waals surface area (Å²) < 4.78 is 1.22. The molecule has 4 aromatic rings. The second-order valence-corrected chi connectivity index (χ2v) is 6.05. The van der Waals surface area contributed by atoms with Crippen LogP contribution in [0.2, 0.25) is 0 Å². The van der Waals surface area contributed by atoms with E-state index < -0.39 is 0 Å². The van der Waals surface area contributed by atoms with Crippen molar-refractivity contribution >= 4 is 16.7 Å². The van der Waals surface area contributed by atoms with Gasteiger partial charge in [-0.3, -0.25) is 4.79 Å². The summed E-state index contributed by atoms with van der Waals surface area (Å²) in [7, 11) is 0. The van der Waals surface area contributed by atoms with Crippen LogP contribution in [0.1, 0.15) is 11.1 Å². The molecule has 4 rings (SSSR count). The fourth-order valence-corrected chi connectivity index (χ4v) is 2.82. The van der Waals surface area contributed by atoms with Gasteiger partial charge in [0.25, 0.3) is 5.56 Å². The minimum Gasteiger partial charge on any atom is -0.404 e. The second-order valence-electron chi connectivity index (χ2n) is 6.05. The summed E-state index contributed by atoms with van der Waals surface area (Å²) in [6.45, 7) is 0.871. The van der Waals surface area contributed by atoms with Crippen molar-refractivity contribution in [1.29, 1.82) is 0 Å². The fraction of sp³-hybridized carbons (Fsp3) is 0.0952. The van der Waals surface area contributed by atoms with Gasteiger partial charge in [-0.05, 0) is 11.1 Å². The van der Waals surface area contributed by atoms with E-state index in [0.29, 0.717) is 17.9 Å².